The molecule has 0 radical (unpaired) electrons. The third-order valence-corrected chi connectivity index (χ3v) is 5.05. The molecule has 2 amide bonds. The highest BCUT2D eigenvalue weighted by Gasteiger charge is 2.27. The molecule has 1 aliphatic rings. The van der Waals surface area contributed by atoms with Gasteiger partial charge in [-0.25, -0.2) is 0 Å². The van der Waals surface area contributed by atoms with E-state index in [0.717, 1.165) is 25.1 Å². The van der Waals surface area contributed by atoms with Gasteiger partial charge in [0.2, 0.25) is 11.8 Å². The molecule has 2 aromatic carbocycles. The van der Waals surface area contributed by atoms with Crippen molar-refractivity contribution in [1.29, 1.82) is 0 Å². The van der Waals surface area contributed by atoms with Crippen molar-refractivity contribution < 1.29 is 9.59 Å². The second-order valence-corrected chi connectivity index (χ2v) is 7.45. The lowest BCUT2D eigenvalue weighted by molar-refractivity contribution is -0.123. The zero-order valence-corrected chi connectivity index (χ0v) is 16.3. The third-order valence-electron chi connectivity index (χ3n) is 4.49. The van der Waals surface area contributed by atoms with Crippen LogP contribution in [0.4, 0.5) is 11.4 Å². The lowest BCUT2D eigenvalue weighted by Gasteiger charge is -2.31. The molecule has 2 N–H and O–H groups in total. The predicted molar refractivity (Wildman–Crippen MR) is 109 cm³/mol. The van der Waals surface area contributed by atoms with Crippen molar-refractivity contribution in [1.82, 2.24) is 4.90 Å². The number of hydrogen-bond acceptors (Lipinski definition) is 3. The molecule has 5 nitrogen and oxygen atoms in total. The zero-order valence-electron chi connectivity index (χ0n) is 14.8. The first-order valence-corrected chi connectivity index (χ1v) is 9.60. The standard InChI is InChI=1S/C20H21Cl2N3O2/c21-15-8-9-17(22)18(11-15)24-19(26)13-25-10-4-5-14(12-25)20(27)23-16-6-2-1-3-7-16/h1-3,6-9,11,14H,4-5,10,12-13H2,(H,23,27)(H,24,26)/t14-/m1/s1. The van der Waals surface area contributed by atoms with Gasteiger partial charge in [0.1, 0.15) is 0 Å². The van der Waals surface area contributed by atoms with Crippen molar-refractivity contribution in [3.63, 3.8) is 0 Å². The van der Waals surface area contributed by atoms with Crippen molar-refractivity contribution in [3.8, 4) is 0 Å². The number of nitrogens with zero attached hydrogens (tertiary/aromatic N) is 1. The van der Waals surface area contributed by atoms with Crippen LogP contribution in [0.25, 0.3) is 0 Å². The van der Waals surface area contributed by atoms with E-state index in [1.165, 1.54) is 0 Å². The van der Waals surface area contributed by atoms with Gasteiger partial charge in [-0.3, -0.25) is 14.5 Å². The van der Waals surface area contributed by atoms with Crippen molar-refractivity contribution >= 4 is 46.4 Å². The molecule has 1 saturated heterocycles. The Morgan fingerprint density at radius 2 is 1.85 bits per heavy atom. The molecule has 0 aliphatic carbocycles. The number of halogens is 2. The van der Waals surface area contributed by atoms with Crippen LogP contribution in [0.5, 0.6) is 0 Å². The van der Waals surface area contributed by atoms with E-state index in [4.69, 9.17) is 23.2 Å². The van der Waals surface area contributed by atoms with Crippen LogP contribution in [0.1, 0.15) is 12.8 Å². The Morgan fingerprint density at radius 3 is 2.63 bits per heavy atom. The van der Waals surface area contributed by atoms with Crippen LogP contribution in [0.15, 0.2) is 48.5 Å². The van der Waals surface area contributed by atoms with Crippen LogP contribution < -0.4 is 10.6 Å². The number of hydrogen-bond donors (Lipinski definition) is 2. The van der Waals surface area contributed by atoms with Crippen LogP contribution in [-0.2, 0) is 9.59 Å². The molecular formula is C20H21Cl2N3O2. The summed E-state index contributed by atoms with van der Waals surface area (Å²) in [6.07, 6.45) is 1.69. The molecule has 7 heteroatoms. The van der Waals surface area contributed by atoms with Crippen molar-refractivity contribution in [2.24, 2.45) is 5.92 Å². The van der Waals surface area contributed by atoms with E-state index in [2.05, 4.69) is 10.6 Å². The van der Waals surface area contributed by atoms with E-state index >= 15 is 0 Å². The van der Waals surface area contributed by atoms with E-state index in [1.54, 1.807) is 18.2 Å². The fourth-order valence-corrected chi connectivity index (χ4v) is 3.50. The van der Waals surface area contributed by atoms with E-state index in [0.29, 0.717) is 22.3 Å². The van der Waals surface area contributed by atoms with Gasteiger partial charge in [0.25, 0.3) is 0 Å². The molecule has 27 heavy (non-hydrogen) atoms. The molecule has 2 aromatic rings. The molecule has 0 unspecified atom stereocenters. The van der Waals surface area contributed by atoms with Gasteiger partial charge in [-0.05, 0) is 49.7 Å². The fourth-order valence-electron chi connectivity index (χ4n) is 3.17. The van der Waals surface area contributed by atoms with Crippen LogP contribution in [0.3, 0.4) is 0 Å². The first-order chi connectivity index (χ1) is 13.0. The third kappa shape index (κ3) is 5.70. The summed E-state index contributed by atoms with van der Waals surface area (Å²) in [5.74, 6) is -0.325. The molecule has 1 aliphatic heterocycles. The van der Waals surface area contributed by atoms with Gasteiger partial charge in [0.15, 0.2) is 0 Å². The topological polar surface area (TPSA) is 61.4 Å². The van der Waals surface area contributed by atoms with Crippen LogP contribution >= 0.6 is 23.2 Å². The Bertz CT molecular complexity index is 814. The van der Waals surface area contributed by atoms with Gasteiger partial charge in [-0.1, -0.05) is 41.4 Å². The van der Waals surface area contributed by atoms with E-state index in [-0.39, 0.29) is 24.3 Å². The first-order valence-electron chi connectivity index (χ1n) is 8.84. The maximum Gasteiger partial charge on any atom is 0.238 e. The van der Waals surface area contributed by atoms with Gasteiger partial charge < -0.3 is 10.6 Å². The summed E-state index contributed by atoms with van der Waals surface area (Å²) in [4.78, 5) is 26.9. The predicted octanol–water partition coefficient (Wildman–Crippen LogP) is 4.28. The largest absolute Gasteiger partial charge is 0.326 e. The minimum atomic E-state index is -0.178. The molecule has 1 fully saturated rings. The molecule has 1 heterocycles. The smallest absolute Gasteiger partial charge is 0.238 e. The number of piperidine rings is 1. The Hall–Kier alpha value is -2.08. The van der Waals surface area contributed by atoms with Crippen molar-refractivity contribution in [2.75, 3.05) is 30.3 Å². The number of carbonyl (C=O) groups is 2. The minimum absolute atomic E-state index is 0.0100. The fraction of sp³-hybridized carbons (Fsp3) is 0.300. The second kappa shape index (κ2) is 9.22. The molecular weight excluding hydrogens is 385 g/mol. The van der Waals surface area contributed by atoms with Crippen molar-refractivity contribution in [3.05, 3.63) is 58.6 Å². The summed E-state index contributed by atoms with van der Waals surface area (Å²) in [5.41, 5.74) is 1.28. The molecule has 0 saturated carbocycles. The maximum absolute atomic E-state index is 12.5. The monoisotopic (exact) mass is 405 g/mol. The number of benzene rings is 2. The molecule has 142 valence electrons. The van der Waals surface area contributed by atoms with Gasteiger partial charge in [0.05, 0.1) is 23.2 Å². The average molecular weight is 406 g/mol. The number of anilines is 2. The van der Waals surface area contributed by atoms with Gasteiger partial charge >= 0.3 is 0 Å². The highest BCUT2D eigenvalue weighted by molar-refractivity contribution is 6.35. The SMILES string of the molecule is O=C(CN1CCC[C@@H](C(=O)Nc2ccccc2)C1)Nc1cc(Cl)ccc1Cl. The lowest BCUT2D eigenvalue weighted by atomic mass is 9.97. The van der Waals surface area contributed by atoms with Crippen LogP contribution in [-0.4, -0.2) is 36.3 Å². The molecule has 3 rings (SSSR count). The quantitative estimate of drug-likeness (QED) is 0.779. The highest BCUT2D eigenvalue weighted by atomic mass is 35.5. The molecule has 0 bridgehead atoms. The van der Waals surface area contributed by atoms with E-state index < -0.39 is 0 Å². The van der Waals surface area contributed by atoms with Crippen LogP contribution in [0.2, 0.25) is 10.0 Å². The van der Waals surface area contributed by atoms with Gasteiger partial charge in [0, 0.05) is 17.3 Å². The van der Waals surface area contributed by atoms with Crippen molar-refractivity contribution in [2.45, 2.75) is 12.8 Å². The summed E-state index contributed by atoms with van der Waals surface area (Å²) >= 11 is 12.0. The van der Waals surface area contributed by atoms with E-state index in [9.17, 15) is 9.59 Å². The summed E-state index contributed by atoms with van der Waals surface area (Å²) in [6.45, 7) is 1.54. The van der Waals surface area contributed by atoms with E-state index in [1.807, 2.05) is 35.2 Å². The second-order valence-electron chi connectivity index (χ2n) is 6.60. The number of amides is 2. The highest BCUT2D eigenvalue weighted by Crippen LogP contribution is 2.25. The Labute approximate surface area is 168 Å². The summed E-state index contributed by atoms with van der Waals surface area (Å²) in [5, 5.41) is 6.67. The van der Waals surface area contributed by atoms with Gasteiger partial charge in [-0.15, -0.1) is 0 Å². The van der Waals surface area contributed by atoms with Crippen LogP contribution in [0, 0.1) is 5.92 Å². The number of carbonyl (C=O) groups excluding carboxylic acids is 2. The number of likely N-dealkylation sites (tertiary alicyclic amines) is 1. The molecule has 1 atom stereocenters. The number of para-hydroxylation sites is 1. The summed E-state index contributed by atoms with van der Waals surface area (Å²) in [7, 11) is 0. The molecule has 0 spiro atoms. The normalized spacial score (nSPS) is 17.3. The first kappa shape index (κ1) is 19.7. The molecule has 0 aromatic heterocycles. The Balaban J connectivity index is 1.54. The minimum Gasteiger partial charge on any atom is -0.326 e. The average Bonchev–Trinajstić information content (AvgIpc) is 2.65. The van der Waals surface area contributed by atoms with Gasteiger partial charge in [-0.2, -0.15) is 0 Å². The number of nitrogens with one attached hydrogen (secondary N) is 2. The lowest BCUT2D eigenvalue weighted by Crippen LogP contribution is -2.44. The summed E-state index contributed by atoms with van der Waals surface area (Å²) in [6, 6.07) is 14.3. The zero-order chi connectivity index (χ0) is 19.2. The summed E-state index contributed by atoms with van der Waals surface area (Å²) < 4.78 is 0. The number of rotatable bonds is 5. The Morgan fingerprint density at radius 1 is 1.07 bits per heavy atom. The Kier molecular flexibility index (Phi) is 6.72. The maximum atomic E-state index is 12.5.